The number of hydrogen-bond donors (Lipinski definition) is 0. The van der Waals surface area contributed by atoms with Crippen LogP contribution in [0.3, 0.4) is 0 Å². The van der Waals surface area contributed by atoms with Crippen LogP contribution in [-0.4, -0.2) is 0 Å². The minimum absolute atomic E-state index is 0.805. The van der Waals surface area contributed by atoms with Gasteiger partial charge in [0.2, 0.25) is 0 Å². The largest absolute Gasteiger partial charge is 0.453 e. The zero-order valence-electron chi connectivity index (χ0n) is 28.2. The first kappa shape index (κ1) is 30.2. The summed E-state index contributed by atoms with van der Waals surface area (Å²) in [5, 5.41) is 2.59. The predicted molar refractivity (Wildman–Crippen MR) is 220 cm³/mol. The molecule has 246 valence electrons. The van der Waals surface area contributed by atoms with Crippen LogP contribution in [0.25, 0.3) is 42.4 Å². The summed E-state index contributed by atoms with van der Waals surface area (Å²) in [5.41, 5.74) is 11.0. The first-order valence-electron chi connectivity index (χ1n) is 17.5. The third-order valence-electron chi connectivity index (χ3n) is 9.85. The number of ether oxygens (including phenoxy) is 1. The summed E-state index contributed by atoms with van der Waals surface area (Å²) >= 11 is 1.84. The molecule has 0 bridgehead atoms. The quantitative estimate of drug-likeness (QED) is 0.173. The summed E-state index contributed by atoms with van der Waals surface area (Å²) in [6.07, 6.45) is 0. The molecule has 0 saturated heterocycles. The van der Waals surface area contributed by atoms with Crippen molar-refractivity contribution in [2.24, 2.45) is 0 Å². The number of rotatable bonds is 6. The summed E-state index contributed by atoms with van der Waals surface area (Å²) in [7, 11) is 0. The Morgan fingerprint density at radius 1 is 0.385 bits per heavy atom. The zero-order valence-corrected chi connectivity index (χ0v) is 29.0. The fourth-order valence-electron chi connectivity index (χ4n) is 7.33. The second kappa shape index (κ2) is 12.6. The predicted octanol–water partition coefficient (Wildman–Crippen LogP) is 14.4. The van der Waals surface area contributed by atoms with E-state index in [2.05, 4.69) is 198 Å². The van der Waals surface area contributed by atoms with Crippen LogP contribution < -0.4 is 14.5 Å². The number of para-hydroxylation sites is 2. The Kier molecular flexibility index (Phi) is 7.33. The number of anilines is 6. The molecule has 0 fully saturated rings. The van der Waals surface area contributed by atoms with Crippen molar-refractivity contribution in [3.05, 3.63) is 194 Å². The third-order valence-corrected chi connectivity index (χ3v) is 11.0. The molecule has 3 nitrogen and oxygen atoms in total. The lowest BCUT2D eigenvalue weighted by Crippen LogP contribution is -2.16. The molecule has 1 aromatic heterocycles. The molecule has 0 radical (unpaired) electrons. The van der Waals surface area contributed by atoms with E-state index in [0.29, 0.717) is 0 Å². The van der Waals surface area contributed by atoms with E-state index in [1.54, 1.807) is 0 Å². The maximum absolute atomic E-state index is 6.72. The van der Waals surface area contributed by atoms with Crippen molar-refractivity contribution in [2.45, 2.75) is 0 Å². The molecule has 8 aromatic carbocycles. The van der Waals surface area contributed by atoms with Gasteiger partial charge in [-0.3, -0.25) is 0 Å². The van der Waals surface area contributed by atoms with Crippen LogP contribution in [0.1, 0.15) is 0 Å². The van der Waals surface area contributed by atoms with Crippen LogP contribution >= 0.6 is 11.3 Å². The number of thiophene rings is 1. The number of hydrogen-bond acceptors (Lipinski definition) is 4. The second-order valence-electron chi connectivity index (χ2n) is 13.0. The highest BCUT2D eigenvalue weighted by molar-refractivity contribution is 7.25. The highest BCUT2D eigenvalue weighted by atomic mass is 32.1. The maximum atomic E-state index is 6.72. The molecule has 0 aliphatic carbocycles. The molecule has 0 atom stereocenters. The molecule has 10 rings (SSSR count). The smallest absolute Gasteiger partial charge is 0.153 e. The van der Waals surface area contributed by atoms with Gasteiger partial charge in [0.25, 0.3) is 0 Å². The van der Waals surface area contributed by atoms with E-state index in [4.69, 9.17) is 4.74 Å². The van der Waals surface area contributed by atoms with Crippen molar-refractivity contribution in [2.75, 3.05) is 9.80 Å². The normalized spacial score (nSPS) is 12.0. The standard InChI is InChI=1S/C48H32N2OS/c1-3-11-33(12-4-1)35-19-23-37(24-20-35)49(38-25-21-36(22-26-38)34-13-5-2-6-14-34)39-28-30-44-46(31-39)51-45-17-9-8-16-43(45)50(44)40-27-29-42-41-15-7-10-18-47(41)52-48(42)32-40/h1-32H. The lowest BCUT2D eigenvalue weighted by molar-refractivity contribution is 0.477. The molecule has 2 heterocycles. The van der Waals surface area contributed by atoms with Gasteiger partial charge >= 0.3 is 0 Å². The second-order valence-corrected chi connectivity index (χ2v) is 14.1. The summed E-state index contributed by atoms with van der Waals surface area (Å²) in [5.74, 6) is 1.63. The Labute approximate surface area is 306 Å². The fourth-order valence-corrected chi connectivity index (χ4v) is 8.47. The number of nitrogens with zero attached hydrogens (tertiary/aromatic N) is 2. The average molecular weight is 685 g/mol. The Hall–Kier alpha value is -6.62. The average Bonchev–Trinajstić information content (AvgIpc) is 3.59. The molecule has 4 heteroatoms. The molecule has 52 heavy (non-hydrogen) atoms. The highest BCUT2D eigenvalue weighted by Gasteiger charge is 2.27. The van der Waals surface area contributed by atoms with Crippen LogP contribution in [0, 0.1) is 0 Å². The summed E-state index contributed by atoms with van der Waals surface area (Å²) in [6.45, 7) is 0. The lowest BCUT2D eigenvalue weighted by Gasteiger charge is -2.34. The topological polar surface area (TPSA) is 15.7 Å². The summed E-state index contributed by atoms with van der Waals surface area (Å²) in [6, 6.07) is 69.0. The van der Waals surface area contributed by atoms with Gasteiger partial charge in [-0.25, -0.2) is 0 Å². The molecule has 0 amide bonds. The van der Waals surface area contributed by atoms with E-state index >= 15 is 0 Å². The van der Waals surface area contributed by atoms with Gasteiger partial charge in [-0.15, -0.1) is 11.3 Å². The zero-order chi connectivity index (χ0) is 34.4. The van der Waals surface area contributed by atoms with Crippen molar-refractivity contribution >= 4 is 65.6 Å². The van der Waals surface area contributed by atoms with E-state index in [1.165, 1.54) is 42.4 Å². The van der Waals surface area contributed by atoms with Crippen LogP contribution in [-0.2, 0) is 0 Å². The van der Waals surface area contributed by atoms with E-state index < -0.39 is 0 Å². The minimum atomic E-state index is 0.805. The molecule has 1 aliphatic heterocycles. The summed E-state index contributed by atoms with van der Waals surface area (Å²) in [4.78, 5) is 4.64. The third kappa shape index (κ3) is 5.29. The molecule has 1 aliphatic rings. The maximum Gasteiger partial charge on any atom is 0.153 e. The SMILES string of the molecule is c1ccc(-c2ccc(N(c3ccc(-c4ccccc4)cc3)c3ccc4c(c3)Oc3ccccc3N4c3ccc4c(c3)sc3ccccc34)cc2)cc1. The first-order valence-corrected chi connectivity index (χ1v) is 18.3. The van der Waals surface area contributed by atoms with Crippen molar-refractivity contribution in [1.29, 1.82) is 0 Å². The minimum Gasteiger partial charge on any atom is -0.453 e. The fraction of sp³-hybridized carbons (Fsp3) is 0. The monoisotopic (exact) mass is 684 g/mol. The van der Waals surface area contributed by atoms with Gasteiger partial charge in [-0.2, -0.15) is 0 Å². The highest BCUT2D eigenvalue weighted by Crippen LogP contribution is 2.53. The van der Waals surface area contributed by atoms with Gasteiger partial charge in [0.15, 0.2) is 11.5 Å². The van der Waals surface area contributed by atoms with Crippen LogP contribution in [0.15, 0.2) is 194 Å². The van der Waals surface area contributed by atoms with E-state index in [9.17, 15) is 0 Å². The van der Waals surface area contributed by atoms with Gasteiger partial charge in [0.05, 0.1) is 11.4 Å². The Morgan fingerprint density at radius 2 is 0.923 bits per heavy atom. The van der Waals surface area contributed by atoms with Crippen molar-refractivity contribution in [3.63, 3.8) is 0 Å². The van der Waals surface area contributed by atoms with Gasteiger partial charge in [-0.05, 0) is 89.0 Å². The molecule has 0 saturated carbocycles. The van der Waals surface area contributed by atoms with Crippen LogP contribution in [0.2, 0.25) is 0 Å². The van der Waals surface area contributed by atoms with Crippen LogP contribution in [0.4, 0.5) is 34.1 Å². The Morgan fingerprint density at radius 3 is 1.62 bits per heavy atom. The van der Waals surface area contributed by atoms with Crippen molar-refractivity contribution in [1.82, 2.24) is 0 Å². The molecule has 9 aromatic rings. The van der Waals surface area contributed by atoms with Gasteiger partial charge in [0, 0.05) is 49.0 Å². The summed E-state index contributed by atoms with van der Waals surface area (Å²) < 4.78 is 9.29. The van der Waals surface area contributed by atoms with E-state index in [1.807, 2.05) is 17.4 Å². The van der Waals surface area contributed by atoms with Gasteiger partial charge < -0.3 is 14.5 Å². The molecule has 0 unspecified atom stereocenters. The van der Waals surface area contributed by atoms with Gasteiger partial charge in [-0.1, -0.05) is 121 Å². The Bertz CT molecular complexity index is 2620. The van der Waals surface area contributed by atoms with Crippen molar-refractivity contribution in [3.8, 4) is 33.8 Å². The Balaban J connectivity index is 1.09. The number of benzene rings is 8. The molecular formula is C48H32N2OS. The van der Waals surface area contributed by atoms with E-state index in [0.717, 1.165) is 45.6 Å². The lowest BCUT2D eigenvalue weighted by atomic mass is 10.0. The first-order chi connectivity index (χ1) is 25.8. The van der Waals surface area contributed by atoms with Crippen LogP contribution in [0.5, 0.6) is 11.5 Å². The molecular weight excluding hydrogens is 653 g/mol. The van der Waals surface area contributed by atoms with Gasteiger partial charge in [0.1, 0.15) is 0 Å². The molecule has 0 N–H and O–H groups in total. The van der Waals surface area contributed by atoms with Crippen molar-refractivity contribution < 1.29 is 4.74 Å². The molecule has 0 spiro atoms. The van der Waals surface area contributed by atoms with E-state index in [-0.39, 0.29) is 0 Å². The number of fused-ring (bicyclic) bond motifs is 5.